The van der Waals surface area contributed by atoms with Crippen LogP contribution in [0.4, 0.5) is 5.69 Å². The second kappa shape index (κ2) is 5.69. The van der Waals surface area contributed by atoms with Gasteiger partial charge in [-0.2, -0.15) is 0 Å². The second-order valence-corrected chi connectivity index (χ2v) is 4.69. The van der Waals surface area contributed by atoms with Crippen LogP contribution in [0.3, 0.4) is 0 Å². The van der Waals surface area contributed by atoms with Crippen molar-refractivity contribution >= 4 is 29.5 Å². The largest absolute Gasteiger partial charge is 0.478 e. The SMILES string of the molecule is Cc1ccc(N2C(=O)CCCC2=O)cc1C=CC(=O)O. The van der Waals surface area contributed by atoms with E-state index in [2.05, 4.69) is 0 Å². The van der Waals surface area contributed by atoms with Gasteiger partial charge < -0.3 is 5.11 Å². The predicted molar refractivity (Wildman–Crippen MR) is 74.2 cm³/mol. The van der Waals surface area contributed by atoms with Crippen molar-refractivity contribution in [2.24, 2.45) is 0 Å². The molecule has 0 radical (unpaired) electrons. The number of benzene rings is 1. The number of carbonyl (C=O) groups excluding carboxylic acids is 2. The van der Waals surface area contributed by atoms with Crippen molar-refractivity contribution in [3.8, 4) is 0 Å². The molecule has 1 aliphatic rings. The van der Waals surface area contributed by atoms with Crippen LogP contribution in [-0.2, 0) is 14.4 Å². The molecule has 0 aliphatic carbocycles. The van der Waals surface area contributed by atoms with Crippen LogP contribution in [-0.4, -0.2) is 22.9 Å². The average Bonchev–Trinajstić information content (AvgIpc) is 2.38. The summed E-state index contributed by atoms with van der Waals surface area (Å²) in [6.07, 6.45) is 3.80. The summed E-state index contributed by atoms with van der Waals surface area (Å²) < 4.78 is 0. The number of amides is 2. The van der Waals surface area contributed by atoms with Crippen LogP contribution in [0.15, 0.2) is 24.3 Å². The second-order valence-electron chi connectivity index (χ2n) is 4.69. The van der Waals surface area contributed by atoms with Crippen LogP contribution in [0, 0.1) is 6.92 Å². The number of nitrogens with zero attached hydrogens (tertiary/aromatic N) is 1. The number of rotatable bonds is 3. The van der Waals surface area contributed by atoms with Crippen LogP contribution in [0.5, 0.6) is 0 Å². The quantitative estimate of drug-likeness (QED) is 0.676. The zero-order chi connectivity index (χ0) is 14.7. The van der Waals surface area contributed by atoms with Crippen LogP contribution in [0.2, 0.25) is 0 Å². The summed E-state index contributed by atoms with van der Waals surface area (Å²) in [5, 5.41) is 8.66. The lowest BCUT2D eigenvalue weighted by atomic mass is 10.0. The Balaban J connectivity index is 2.37. The van der Waals surface area contributed by atoms with Crippen molar-refractivity contribution in [2.75, 3.05) is 4.90 Å². The van der Waals surface area contributed by atoms with E-state index < -0.39 is 5.97 Å². The Morgan fingerprint density at radius 2 is 1.90 bits per heavy atom. The molecule has 0 unspecified atom stereocenters. The third-order valence-electron chi connectivity index (χ3n) is 3.21. The Kier molecular flexibility index (Phi) is 3.98. The Morgan fingerprint density at radius 1 is 1.25 bits per heavy atom. The van der Waals surface area contributed by atoms with E-state index in [1.54, 1.807) is 18.2 Å². The maximum Gasteiger partial charge on any atom is 0.328 e. The molecule has 1 saturated heterocycles. The summed E-state index contributed by atoms with van der Waals surface area (Å²) in [7, 11) is 0. The van der Waals surface area contributed by atoms with Gasteiger partial charge in [-0.05, 0) is 42.7 Å². The van der Waals surface area contributed by atoms with Crippen LogP contribution in [0.1, 0.15) is 30.4 Å². The molecule has 5 nitrogen and oxygen atoms in total. The van der Waals surface area contributed by atoms with Gasteiger partial charge >= 0.3 is 5.97 Å². The number of hydrogen-bond donors (Lipinski definition) is 1. The molecule has 5 heteroatoms. The Morgan fingerprint density at radius 3 is 2.50 bits per heavy atom. The van der Waals surface area contributed by atoms with E-state index in [9.17, 15) is 14.4 Å². The number of imide groups is 1. The van der Waals surface area contributed by atoms with E-state index in [-0.39, 0.29) is 11.8 Å². The first-order valence-corrected chi connectivity index (χ1v) is 6.36. The Labute approximate surface area is 116 Å². The Bertz CT molecular complexity index is 588. The summed E-state index contributed by atoms with van der Waals surface area (Å²) in [5.41, 5.74) is 2.05. The fraction of sp³-hybridized carbons (Fsp3) is 0.267. The third-order valence-corrected chi connectivity index (χ3v) is 3.21. The lowest BCUT2D eigenvalue weighted by Gasteiger charge is -2.25. The van der Waals surface area contributed by atoms with E-state index in [0.717, 1.165) is 11.6 Å². The molecule has 1 aliphatic heterocycles. The molecule has 1 aromatic carbocycles. The number of anilines is 1. The molecule has 0 saturated carbocycles. The van der Waals surface area contributed by atoms with Gasteiger partial charge in [0, 0.05) is 18.9 Å². The maximum atomic E-state index is 11.9. The minimum absolute atomic E-state index is 0.210. The summed E-state index contributed by atoms with van der Waals surface area (Å²) >= 11 is 0. The summed E-state index contributed by atoms with van der Waals surface area (Å²) in [5.74, 6) is -1.46. The van der Waals surface area contributed by atoms with Crippen molar-refractivity contribution < 1.29 is 19.5 Å². The van der Waals surface area contributed by atoms with Gasteiger partial charge in [-0.1, -0.05) is 6.07 Å². The molecule has 0 bridgehead atoms. The standard InChI is InChI=1S/C15H15NO4/c1-10-5-7-12(9-11(10)6-8-15(19)20)16-13(17)3-2-4-14(16)18/h5-9H,2-4H2,1H3,(H,19,20). The first-order chi connectivity index (χ1) is 9.49. The monoisotopic (exact) mass is 273 g/mol. The molecule has 1 heterocycles. The number of carboxylic acid groups (broad SMARTS) is 1. The van der Waals surface area contributed by atoms with Crippen LogP contribution in [0.25, 0.3) is 6.08 Å². The van der Waals surface area contributed by atoms with Crippen molar-refractivity contribution in [1.29, 1.82) is 0 Å². The first kappa shape index (κ1) is 14.0. The molecule has 1 aromatic rings. The zero-order valence-electron chi connectivity index (χ0n) is 11.1. The molecule has 0 spiro atoms. The lowest BCUT2D eigenvalue weighted by Crippen LogP contribution is -2.40. The first-order valence-electron chi connectivity index (χ1n) is 6.36. The smallest absolute Gasteiger partial charge is 0.328 e. The highest BCUT2D eigenvalue weighted by Crippen LogP contribution is 2.25. The van der Waals surface area contributed by atoms with Gasteiger partial charge in [-0.15, -0.1) is 0 Å². The normalized spacial score (nSPS) is 15.9. The van der Waals surface area contributed by atoms with Gasteiger partial charge in [0.2, 0.25) is 11.8 Å². The molecule has 2 rings (SSSR count). The van der Waals surface area contributed by atoms with E-state index in [1.807, 2.05) is 6.92 Å². The molecule has 1 fully saturated rings. The summed E-state index contributed by atoms with van der Waals surface area (Å²) in [6, 6.07) is 5.14. The Hall–Kier alpha value is -2.43. The minimum atomic E-state index is -1.04. The lowest BCUT2D eigenvalue weighted by molar-refractivity contribution is -0.131. The van der Waals surface area contributed by atoms with Crippen LogP contribution < -0.4 is 4.90 Å². The van der Waals surface area contributed by atoms with Gasteiger partial charge in [0.15, 0.2) is 0 Å². The summed E-state index contributed by atoms with van der Waals surface area (Å²) in [4.78, 5) is 35.5. The van der Waals surface area contributed by atoms with Crippen molar-refractivity contribution in [3.05, 3.63) is 35.4 Å². The molecule has 20 heavy (non-hydrogen) atoms. The fourth-order valence-corrected chi connectivity index (χ4v) is 2.15. The number of carbonyl (C=O) groups is 3. The number of hydrogen-bond acceptors (Lipinski definition) is 3. The predicted octanol–water partition coefficient (Wildman–Crippen LogP) is 2.14. The van der Waals surface area contributed by atoms with E-state index >= 15 is 0 Å². The molecule has 0 atom stereocenters. The van der Waals surface area contributed by atoms with Gasteiger partial charge in [0.25, 0.3) is 0 Å². The molecule has 0 aromatic heterocycles. The molecule has 1 N–H and O–H groups in total. The number of piperidine rings is 1. The van der Waals surface area contributed by atoms with Gasteiger partial charge in [0.05, 0.1) is 5.69 Å². The number of aryl methyl sites for hydroxylation is 1. The van der Waals surface area contributed by atoms with Crippen molar-refractivity contribution in [1.82, 2.24) is 0 Å². The zero-order valence-corrected chi connectivity index (χ0v) is 11.1. The molecule has 104 valence electrons. The highest BCUT2D eigenvalue weighted by atomic mass is 16.4. The highest BCUT2D eigenvalue weighted by Gasteiger charge is 2.27. The van der Waals surface area contributed by atoms with E-state index in [4.69, 9.17) is 5.11 Å². The average molecular weight is 273 g/mol. The number of carboxylic acids is 1. The topological polar surface area (TPSA) is 74.7 Å². The molecular formula is C15H15NO4. The fourth-order valence-electron chi connectivity index (χ4n) is 2.15. The third kappa shape index (κ3) is 2.93. The van der Waals surface area contributed by atoms with Gasteiger partial charge in [-0.25, -0.2) is 4.79 Å². The van der Waals surface area contributed by atoms with Crippen LogP contribution >= 0.6 is 0 Å². The molecule has 2 amide bonds. The van der Waals surface area contributed by atoms with Gasteiger partial charge in [0.1, 0.15) is 0 Å². The van der Waals surface area contributed by atoms with E-state index in [0.29, 0.717) is 30.5 Å². The summed E-state index contributed by atoms with van der Waals surface area (Å²) in [6.45, 7) is 1.84. The maximum absolute atomic E-state index is 11.9. The minimum Gasteiger partial charge on any atom is -0.478 e. The van der Waals surface area contributed by atoms with Crippen molar-refractivity contribution in [2.45, 2.75) is 26.2 Å². The van der Waals surface area contributed by atoms with E-state index in [1.165, 1.54) is 11.0 Å². The van der Waals surface area contributed by atoms with Gasteiger partial charge in [-0.3, -0.25) is 14.5 Å². The highest BCUT2D eigenvalue weighted by molar-refractivity contribution is 6.16. The number of aliphatic carboxylic acids is 1. The van der Waals surface area contributed by atoms with Crippen molar-refractivity contribution in [3.63, 3.8) is 0 Å². The molecular weight excluding hydrogens is 258 g/mol.